The molecule has 1 aromatic rings. The Balaban J connectivity index is 2.83. The van der Waals surface area contributed by atoms with Gasteiger partial charge >= 0.3 is 6.03 Å². The van der Waals surface area contributed by atoms with E-state index in [4.69, 9.17) is 0 Å². The highest BCUT2D eigenvalue weighted by Gasteiger charge is 2.15. The van der Waals surface area contributed by atoms with Crippen molar-refractivity contribution in [2.75, 3.05) is 11.9 Å². The Labute approximate surface area is 107 Å². The first-order chi connectivity index (χ1) is 8.04. The van der Waals surface area contributed by atoms with E-state index in [0.717, 1.165) is 6.42 Å². The zero-order valence-electron chi connectivity index (χ0n) is 9.20. The van der Waals surface area contributed by atoms with E-state index < -0.39 is 11.0 Å². The maximum absolute atomic E-state index is 11.4. The Kier molecular flexibility index (Phi) is 4.89. The number of nitro groups is 1. The number of hydrogen-bond acceptors (Lipinski definition) is 3. The van der Waals surface area contributed by atoms with Crippen molar-refractivity contribution in [1.82, 2.24) is 5.32 Å². The molecule has 0 spiro atoms. The largest absolute Gasteiger partial charge is 0.338 e. The average Bonchev–Trinajstić information content (AvgIpc) is 2.28. The van der Waals surface area contributed by atoms with Gasteiger partial charge in [-0.2, -0.15) is 0 Å². The number of rotatable bonds is 4. The number of hydrogen-bond donors (Lipinski definition) is 2. The highest BCUT2D eigenvalue weighted by molar-refractivity contribution is 9.10. The Bertz CT molecular complexity index is 437. The van der Waals surface area contributed by atoms with Crippen LogP contribution in [0.25, 0.3) is 0 Å². The molecule has 1 rings (SSSR count). The van der Waals surface area contributed by atoms with Gasteiger partial charge in [-0.3, -0.25) is 10.1 Å². The second-order valence-electron chi connectivity index (χ2n) is 3.30. The van der Waals surface area contributed by atoms with Crippen molar-refractivity contribution >= 4 is 33.3 Å². The molecule has 17 heavy (non-hydrogen) atoms. The Morgan fingerprint density at radius 1 is 1.53 bits per heavy atom. The molecule has 0 saturated heterocycles. The van der Waals surface area contributed by atoms with Gasteiger partial charge in [-0.05, 0) is 18.6 Å². The summed E-state index contributed by atoms with van der Waals surface area (Å²) in [4.78, 5) is 21.6. The first-order valence-corrected chi connectivity index (χ1v) is 5.82. The van der Waals surface area contributed by atoms with Crippen LogP contribution in [0.5, 0.6) is 0 Å². The monoisotopic (exact) mass is 301 g/mol. The molecule has 0 heterocycles. The lowest BCUT2D eigenvalue weighted by Crippen LogP contribution is -2.29. The minimum atomic E-state index is -0.541. The zero-order valence-corrected chi connectivity index (χ0v) is 10.8. The topological polar surface area (TPSA) is 84.3 Å². The third-order valence-electron chi connectivity index (χ3n) is 1.94. The molecular formula is C10H12BrN3O3. The number of nitrogens with one attached hydrogen (secondary N) is 2. The van der Waals surface area contributed by atoms with E-state index in [-0.39, 0.29) is 11.4 Å². The molecule has 2 amide bonds. The van der Waals surface area contributed by atoms with Gasteiger partial charge in [0.1, 0.15) is 5.69 Å². The first-order valence-electron chi connectivity index (χ1n) is 5.03. The third kappa shape index (κ3) is 4.03. The molecule has 0 fully saturated rings. The smallest absolute Gasteiger partial charge is 0.319 e. The quantitative estimate of drug-likeness (QED) is 0.662. The van der Waals surface area contributed by atoms with Crippen molar-refractivity contribution in [1.29, 1.82) is 0 Å². The number of carbonyl (C=O) groups is 1. The van der Waals surface area contributed by atoms with Gasteiger partial charge in [0, 0.05) is 17.1 Å². The molecule has 0 atom stereocenters. The van der Waals surface area contributed by atoms with E-state index in [9.17, 15) is 14.9 Å². The first kappa shape index (κ1) is 13.4. The molecule has 0 unspecified atom stereocenters. The summed E-state index contributed by atoms with van der Waals surface area (Å²) in [6.07, 6.45) is 0.801. The van der Waals surface area contributed by atoms with Crippen LogP contribution in [0.15, 0.2) is 22.7 Å². The van der Waals surface area contributed by atoms with Gasteiger partial charge in [-0.15, -0.1) is 0 Å². The van der Waals surface area contributed by atoms with E-state index >= 15 is 0 Å². The number of anilines is 1. The summed E-state index contributed by atoms with van der Waals surface area (Å²) in [6, 6.07) is 4.00. The zero-order chi connectivity index (χ0) is 12.8. The summed E-state index contributed by atoms with van der Waals surface area (Å²) in [5, 5.41) is 15.8. The molecule has 1 aromatic carbocycles. The van der Waals surface area contributed by atoms with Crippen molar-refractivity contribution in [2.24, 2.45) is 0 Å². The second kappa shape index (κ2) is 6.19. The van der Waals surface area contributed by atoms with Gasteiger partial charge in [0.05, 0.1) is 4.92 Å². The average molecular weight is 302 g/mol. The second-order valence-corrected chi connectivity index (χ2v) is 4.22. The Morgan fingerprint density at radius 2 is 2.24 bits per heavy atom. The van der Waals surface area contributed by atoms with Gasteiger partial charge in [-0.1, -0.05) is 22.9 Å². The van der Waals surface area contributed by atoms with Crippen LogP contribution in [0.3, 0.4) is 0 Å². The highest BCUT2D eigenvalue weighted by Crippen LogP contribution is 2.27. The predicted octanol–water partition coefficient (Wildman–Crippen LogP) is 2.89. The lowest BCUT2D eigenvalue weighted by atomic mass is 10.3. The predicted molar refractivity (Wildman–Crippen MR) is 68.1 cm³/mol. The van der Waals surface area contributed by atoms with Crippen molar-refractivity contribution in [3.8, 4) is 0 Å². The van der Waals surface area contributed by atoms with Gasteiger partial charge in [0.25, 0.3) is 5.69 Å². The number of nitro benzene ring substituents is 1. The van der Waals surface area contributed by atoms with Crippen LogP contribution in [-0.2, 0) is 0 Å². The van der Waals surface area contributed by atoms with E-state index in [1.165, 1.54) is 12.1 Å². The Morgan fingerprint density at radius 3 is 2.82 bits per heavy atom. The number of amides is 2. The Hall–Kier alpha value is -1.63. The standard InChI is InChI=1S/C10H12BrN3O3/c1-2-5-12-10(15)13-8-4-3-7(11)6-9(8)14(16)17/h3-4,6H,2,5H2,1H3,(H2,12,13,15). The fourth-order valence-electron chi connectivity index (χ4n) is 1.17. The minimum absolute atomic E-state index is 0.147. The third-order valence-corrected chi connectivity index (χ3v) is 2.43. The fraction of sp³-hybridized carbons (Fsp3) is 0.300. The van der Waals surface area contributed by atoms with Crippen molar-refractivity contribution in [3.05, 3.63) is 32.8 Å². The summed E-state index contributed by atoms with van der Waals surface area (Å²) in [6.45, 7) is 2.44. The maximum Gasteiger partial charge on any atom is 0.319 e. The molecule has 6 nitrogen and oxygen atoms in total. The summed E-state index contributed by atoms with van der Waals surface area (Å²) in [5.74, 6) is 0. The summed E-state index contributed by atoms with van der Waals surface area (Å²) in [7, 11) is 0. The molecule has 2 N–H and O–H groups in total. The number of urea groups is 1. The van der Waals surface area contributed by atoms with Gasteiger partial charge in [0.2, 0.25) is 0 Å². The van der Waals surface area contributed by atoms with Crippen molar-refractivity contribution < 1.29 is 9.72 Å². The van der Waals surface area contributed by atoms with Gasteiger partial charge < -0.3 is 10.6 Å². The van der Waals surface area contributed by atoms with Gasteiger partial charge in [0.15, 0.2) is 0 Å². The van der Waals surface area contributed by atoms with Gasteiger partial charge in [-0.25, -0.2) is 4.79 Å². The maximum atomic E-state index is 11.4. The van der Waals surface area contributed by atoms with E-state index in [1.807, 2.05) is 6.92 Å². The van der Waals surface area contributed by atoms with Crippen LogP contribution in [-0.4, -0.2) is 17.5 Å². The lowest BCUT2D eigenvalue weighted by molar-refractivity contribution is -0.384. The SMILES string of the molecule is CCCNC(=O)Nc1ccc(Br)cc1[N+](=O)[O-]. The fourth-order valence-corrected chi connectivity index (χ4v) is 1.52. The van der Waals surface area contributed by atoms with Crippen molar-refractivity contribution in [2.45, 2.75) is 13.3 Å². The van der Waals surface area contributed by atoms with Crippen LogP contribution in [0.4, 0.5) is 16.2 Å². The summed E-state index contributed by atoms with van der Waals surface area (Å²) >= 11 is 3.14. The molecular weight excluding hydrogens is 290 g/mol. The van der Waals surface area contributed by atoms with Crippen LogP contribution in [0.2, 0.25) is 0 Å². The highest BCUT2D eigenvalue weighted by atomic mass is 79.9. The van der Waals surface area contributed by atoms with Crippen LogP contribution in [0.1, 0.15) is 13.3 Å². The lowest BCUT2D eigenvalue weighted by Gasteiger charge is -2.07. The molecule has 0 saturated carbocycles. The minimum Gasteiger partial charge on any atom is -0.338 e. The van der Waals surface area contributed by atoms with Crippen molar-refractivity contribution in [3.63, 3.8) is 0 Å². The number of halogens is 1. The molecule has 0 aliphatic rings. The van der Waals surface area contributed by atoms with E-state index in [1.54, 1.807) is 6.07 Å². The van der Waals surface area contributed by atoms with Crippen LogP contribution >= 0.6 is 15.9 Å². The van der Waals surface area contributed by atoms with E-state index in [0.29, 0.717) is 11.0 Å². The normalized spacial score (nSPS) is 9.76. The number of carbonyl (C=O) groups excluding carboxylic acids is 1. The summed E-state index contributed by atoms with van der Waals surface area (Å²) < 4.78 is 0.587. The number of nitrogens with zero attached hydrogens (tertiary/aromatic N) is 1. The van der Waals surface area contributed by atoms with Crippen LogP contribution in [0, 0.1) is 10.1 Å². The van der Waals surface area contributed by atoms with E-state index in [2.05, 4.69) is 26.6 Å². The molecule has 0 aliphatic carbocycles. The molecule has 92 valence electrons. The molecule has 0 bridgehead atoms. The molecule has 0 radical (unpaired) electrons. The molecule has 0 aliphatic heterocycles. The summed E-state index contributed by atoms with van der Waals surface area (Å²) in [5.41, 5.74) is 0.0258. The molecule has 7 heteroatoms. The number of benzene rings is 1. The molecule has 0 aromatic heterocycles. The van der Waals surface area contributed by atoms with Crippen LogP contribution < -0.4 is 10.6 Å².